The molecule has 2 rings (SSSR count). The molecule has 0 fully saturated rings. The minimum Gasteiger partial charge on any atom is -0.475 e. The molecule has 1 aromatic heterocycles. The molecule has 24 heavy (non-hydrogen) atoms. The number of hydrogen-bond acceptors (Lipinski definition) is 5. The zero-order valence-electron chi connectivity index (χ0n) is 12.7. The number of fused-ring (bicyclic) bond motifs is 1. The predicted molar refractivity (Wildman–Crippen MR) is 79.1 cm³/mol. The van der Waals surface area contributed by atoms with Gasteiger partial charge >= 0.3 is 18.1 Å². The van der Waals surface area contributed by atoms with Crippen LogP contribution in [0.15, 0.2) is 0 Å². The number of halogens is 3. The molecular weight excluding hydrogens is 351 g/mol. The third-order valence-electron chi connectivity index (χ3n) is 3.12. The van der Waals surface area contributed by atoms with Crippen LogP contribution in [0.3, 0.4) is 0 Å². The Morgan fingerprint density at radius 1 is 1.25 bits per heavy atom. The molecule has 1 aliphatic rings. The van der Waals surface area contributed by atoms with Gasteiger partial charge in [-0.25, -0.2) is 9.59 Å². The topological polar surface area (TPSA) is 107 Å². The Labute approximate surface area is 139 Å². The Hall–Kier alpha value is -2.10. The van der Waals surface area contributed by atoms with Crippen molar-refractivity contribution in [3.8, 4) is 0 Å². The largest absolute Gasteiger partial charge is 0.490 e. The van der Waals surface area contributed by atoms with Crippen molar-refractivity contribution >= 4 is 29.2 Å². The Morgan fingerprint density at radius 2 is 1.79 bits per heavy atom. The highest BCUT2D eigenvalue weighted by Crippen LogP contribution is 2.34. The Bertz CT molecular complexity index is 639. The fourth-order valence-corrected chi connectivity index (χ4v) is 3.39. The molecule has 1 aliphatic carbocycles. The van der Waals surface area contributed by atoms with Crippen LogP contribution in [0.1, 0.15) is 50.2 Å². The summed E-state index contributed by atoms with van der Waals surface area (Å²) in [4.78, 5) is 33.6. The molecule has 0 unspecified atom stereocenters. The first-order valence-electron chi connectivity index (χ1n) is 7.01. The van der Waals surface area contributed by atoms with E-state index in [1.54, 1.807) is 6.92 Å². The number of thiophene rings is 1. The predicted octanol–water partition coefficient (Wildman–Crippen LogP) is 2.54. The average Bonchev–Trinajstić information content (AvgIpc) is 2.86. The average molecular weight is 367 g/mol. The van der Waals surface area contributed by atoms with Gasteiger partial charge in [-0.2, -0.15) is 13.2 Å². The van der Waals surface area contributed by atoms with Crippen LogP contribution in [0.4, 0.5) is 13.2 Å². The van der Waals surface area contributed by atoms with Crippen molar-refractivity contribution in [3.05, 3.63) is 20.9 Å². The maximum Gasteiger partial charge on any atom is 0.490 e. The number of rotatable bonds is 3. The zero-order chi connectivity index (χ0) is 18.5. The Kier molecular flexibility index (Phi) is 6.76. The van der Waals surface area contributed by atoms with E-state index in [0.717, 1.165) is 36.1 Å². The monoisotopic (exact) mass is 367 g/mol. The van der Waals surface area contributed by atoms with E-state index in [9.17, 15) is 22.8 Å². The van der Waals surface area contributed by atoms with E-state index in [4.69, 9.17) is 20.4 Å². The summed E-state index contributed by atoms with van der Waals surface area (Å²) in [6.07, 6.45) is -1.16. The van der Waals surface area contributed by atoms with Gasteiger partial charge in [0.25, 0.3) is 5.91 Å². The van der Waals surface area contributed by atoms with Crippen LogP contribution in [0.25, 0.3) is 0 Å². The first-order valence-corrected chi connectivity index (χ1v) is 7.82. The molecular formula is C14H16F3NO5S. The van der Waals surface area contributed by atoms with Crippen molar-refractivity contribution in [3.63, 3.8) is 0 Å². The van der Waals surface area contributed by atoms with E-state index in [1.807, 2.05) is 0 Å². The number of aryl methyl sites for hydroxylation is 1. The van der Waals surface area contributed by atoms with E-state index >= 15 is 0 Å². The van der Waals surface area contributed by atoms with Crippen LogP contribution in [0.2, 0.25) is 0 Å². The van der Waals surface area contributed by atoms with Crippen LogP contribution in [0.5, 0.6) is 0 Å². The summed E-state index contributed by atoms with van der Waals surface area (Å²) in [7, 11) is 0. The van der Waals surface area contributed by atoms with Crippen LogP contribution < -0.4 is 5.73 Å². The maximum atomic E-state index is 11.9. The van der Waals surface area contributed by atoms with E-state index in [-0.39, 0.29) is 0 Å². The highest BCUT2D eigenvalue weighted by atomic mass is 32.1. The summed E-state index contributed by atoms with van der Waals surface area (Å²) in [5.41, 5.74) is 6.72. The third-order valence-corrected chi connectivity index (χ3v) is 4.42. The number of primary amides is 1. The van der Waals surface area contributed by atoms with Crippen molar-refractivity contribution in [1.82, 2.24) is 0 Å². The molecule has 0 radical (unpaired) electrons. The second kappa shape index (κ2) is 8.13. The fourth-order valence-electron chi connectivity index (χ4n) is 2.16. The van der Waals surface area contributed by atoms with Gasteiger partial charge in [-0.3, -0.25) is 4.79 Å². The van der Waals surface area contributed by atoms with Crippen molar-refractivity contribution in [2.24, 2.45) is 5.73 Å². The molecule has 0 aliphatic heterocycles. The van der Waals surface area contributed by atoms with E-state index in [0.29, 0.717) is 17.0 Å². The normalized spacial score (nSPS) is 13.3. The van der Waals surface area contributed by atoms with Gasteiger partial charge in [0.1, 0.15) is 4.88 Å². The molecule has 0 spiro atoms. The molecule has 0 atom stereocenters. The fraction of sp³-hybridized carbons (Fsp3) is 0.500. The number of carbonyl (C=O) groups excluding carboxylic acids is 2. The number of ether oxygens (including phenoxy) is 1. The number of alkyl halides is 3. The molecule has 1 amide bonds. The number of carboxylic acids is 1. The highest BCUT2D eigenvalue weighted by Gasteiger charge is 2.38. The van der Waals surface area contributed by atoms with Crippen LogP contribution in [0, 0.1) is 0 Å². The van der Waals surface area contributed by atoms with Crippen LogP contribution in [-0.4, -0.2) is 35.7 Å². The Morgan fingerprint density at radius 3 is 2.25 bits per heavy atom. The minimum absolute atomic E-state index is 0.307. The SMILES string of the molecule is CCOC(=O)c1c(C(N)=O)sc2c1CCCC2.O=C(O)C(F)(F)F. The molecule has 134 valence electrons. The lowest BCUT2D eigenvalue weighted by atomic mass is 9.95. The lowest BCUT2D eigenvalue weighted by Crippen LogP contribution is -2.21. The van der Waals surface area contributed by atoms with Gasteiger partial charge in [0.15, 0.2) is 0 Å². The van der Waals surface area contributed by atoms with Crippen molar-refractivity contribution < 1.29 is 37.4 Å². The first-order chi connectivity index (χ1) is 11.1. The smallest absolute Gasteiger partial charge is 0.475 e. The molecule has 1 aromatic rings. The summed E-state index contributed by atoms with van der Waals surface area (Å²) < 4.78 is 36.7. The standard InChI is InChI=1S/C12H15NO3S.C2HF3O2/c1-2-16-12(15)9-7-5-3-4-6-8(7)17-10(9)11(13)14;3-2(4,5)1(6)7/h2-6H2,1H3,(H2,13,14);(H,6,7). The summed E-state index contributed by atoms with van der Waals surface area (Å²) in [5, 5.41) is 7.12. The number of aliphatic carboxylic acids is 1. The molecule has 10 heteroatoms. The van der Waals surface area contributed by atoms with Gasteiger partial charge in [0, 0.05) is 4.88 Å². The second-order valence-electron chi connectivity index (χ2n) is 4.80. The van der Waals surface area contributed by atoms with Gasteiger partial charge in [-0.1, -0.05) is 0 Å². The van der Waals surface area contributed by atoms with E-state index < -0.39 is 24.0 Å². The van der Waals surface area contributed by atoms with Gasteiger partial charge in [-0.05, 0) is 38.2 Å². The second-order valence-corrected chi connectivity index (χ2v) is 5.91. The van der Waals surface area contributed by atoms with E-state index in [1.165, 1.54) is 11.3 Å². The third kappa shape index (κ3) is 4.95. The maximum absolute atomic E-state index is 11.9. The molecule has 1 heterocycles. The number of nitrogens with two attached hydrogens (primary N) is 1. The first kappa shape index (κ1) is 19.9. The summed E-state index contributed by atoms with van der Waals surface area (Å²) in [5.74, 6) is -3.71. The van der Waals surface area contributed by atoms with Crippen LogP contribution in [-0.2, 0) is 22.4 Å². The quantitative estimate of drug-likeness (QED) is 0.799. The zero-order valence-corrected chi connectivity index (χ0v) is 13.6. The van der Waals surface area contributed by atoms with Gasteiger partial charge < -0.3 is 15.6 Å². The van der Waals surface area contributed by atoms with Crippen molar-refractivity contribution in [2.45, 2.75) is 38.8 Å². The number of amides is 1. The Balaban J connectivity index is 0.000000351. The lowest BCUT2D eigenvalue weighted by molar-refractivity contribution is -0.192. The number of carbonyl (C=O) groups is 3. The van der Waals surface area contributed by atoms with Crippen molar-refractivity contribution in [1.29, 1.82) is 0 Å². The molecule has 0 saturated carbocycles. The summed E-state index contributed by atoms with van der Waals surface area (Å²) in [6, 6.07) is 0. The number of carboxylic acid groups (broad SMARTS) is 1. The van der Waals surface area contributed by atoms with Gasteiger partial charge in [0.2, 0.25) is 0 Å². The van der Waals surface area contributed by atoms with Crippen LogP contribution >= 0.6 is 11.3 Å². The highest BCUT2D eigenvalue weighted by molar-refractivity contribution is 7.14. The molecule has 0 saturated heterocycles. The van der Waals surface area contributed by atoms with E-state index in [2.05, 4.69) is 0 Å². The lowest BCUT2D eigenvalue weighted by Gasteiger charge is -2.12. The number of hydrogen-bond donors (Lipinski definition) is 2. The summed E-state index contributed by atoms with van der Waals surface area (Å²) >= 11 is 1.35. The van der Waals surface area contributed by atoms with Crippen molar-refractivity contribution in [2.75, 3.05) is 6.61 Å². The van der Waals surface area contributed by atoms with Gasteiger partial charge in [0.05, 0.1) is 12.2 Å². The number of esters is 1. The molecule has 6 nitrogen and oxygen atoms in total. The molecule has 0 aromatic carbocycles. The molecule has 0 bridgehead atoms. The summed E-state index contributed by atoms with van der Waals surface area (Å²) in [6.45, 7) is 2.06. The minimum atomic E-state index is -5.08. The molecule has 3 N–H and O–H groups in total. The van der Waals surface area contributed by atoms with Gasteiger partial charge in [-0.15, -0.1) is 11.3 Å².